The van der Waals surface area contributed by atoms with Crippen molar-refractivity contribution in [2.45, 2.75) is 6.42 Å². The monoisotopic (exact) mass is 411 g/mol. The second-order valence-electron chi connectivity index (χ2n) is 3.49. The summed E-state index contributed by atoms with van der Waals surface area (Å²) in [6, 6.07) is 5.43. The third kappa shape index (κ3) is 4.27. The van der Waals surface area contributed by atoms with E-state index in [2.05, 4.69) is 38.5 Å². The van der Waals surface area contributed by atoms with Gasteiger partial charge in [0.05, 0.1) is 12.0 Å². The molecule has 0 aliphatic rings. The molecule has 0 fully saturated rings. The molecule has 0 bridgehead atoms. The Kier molecular flexibility index (Phi) is 5.38. The van der Waals surface area contributed by atoms with Crippen LogP contribution in [0.15, 0.2) is 22.7 Å². The first-order chi connectivity index (χ1) is 7.91. The van der Waals surface area contributed by atoms with Crippen LogP contribution >= 0.6 is 38.5 Å². The van der Waals surface area contributed by atoms with E-state index in [1.807, 2.05) is 12.1 Å². The zero-order valence-corrected chi connectivity index (χ0v) is 12.9. The summed E-state index contributed by atoms with van der Waals surface area (Å²) in [6.45, 7) is 0.205. The van der Waals surface area contributed by atoms with Gasteiger partial charge >= 0.3 is 5.97 Å². The summed E-state index contributed by atoms with van der Waals surface area (Å²) >= 11 is 5.39. The Bertz CT molecular complexity index is 450. The van der Waals surface area contributed by atoms with Crippen molar-refractivity contribution >= 4 is 50.4 Å². The van der Waals surface area contributed by atoms with Crippen molar-refractivity contribution in [2.75, 3.05) is 13.6 Å². The van der Waals surface area contributed by atoms with Crippen LogP contribution in [0.25, 0.3) is 0 Å². The first-order valence-corrected chi connectivity index (χ1v) is 6.71. The molecule has 0 aliphatic heterocycles. The third-order valence-corrected chi connectivity index (χ3v) is 3.60. The summed E-state index contributed by atoms with van der Waals surface area (Å²) in [7, 11) is 1.60. The van der Waals surface area contributed by atoms with E-state index in [1.165, 1.54) is 4.90 Å². The molecule has 1 aromatic carbocycles. The molecule has 1 N–H and O–H groups in total. The lowest BCUT2D eigenvalue weighted by Gasteiger charge is -2.17. The zero-order valence-electron chi connectivity index (χ0n) is 9.11. The van der Waals surface area contributed by atoms with Crippen LogP contribution in [0.4, 0.5) is 0 Å². The molecule has 0 radical (unpaired) electrons. The van der Waals surface area contributed by atoms with Crippen molar-refractivity contribution in [1.29, 1.82) is 0 Å². The number of carbonyl (C=O) groups excluding carboxylic acids is 1. The average Bonchev–Trinajstić information content (AvgIpc) is 2.28. The van der Waals surface area contributed by atoms with Gasteiger partial charge in [-0.1, -0.05) is 15.9 Å². The summed E-state index contributed by atoms with van der Waals surface area (Å²) < 4.78 is 1.67. The molecule has 0 aromatic heterocycles. The normalized spacial score (nSPS) is 10.1. The molecule has 4 nitrogen and oxygen atoms in total. The second-order valence-corrected chi connectivity index (χ2v) is 5.57. The van der Waals surface area contributed by atoms with Gasteiger partial charge in [-0.2, -0.15) is 0 Å². The number of carboxylic acids is 1. The van der Waals surface area contributed by atoms with Gasteiger partial charge in [0.1, 0.15) is 0 Å². The van der Waals surface area contributed by atoms with Gasteiger partial charge in [0.15, 0.2) is 0 Å². The Morgan fingerprint density at radius 3 is 2.71 bits per heavy atom. The summed E-state index contributed by atoms with van der Waals surface area (Å²) in [6.07, 6.45) is -0.0488. The molecular formula is C11H11BrINO3. The molecule has 0 spiro atoms. The molecule has 0 saturated heterocycles. The molecule has 17 heavy (non-hydrogen) atoms. The highest BCUT2D eigenvalue weighted by Gasteiger charge is 2.15. The van der Waals surface area contributed by atoms with Crippen LogP contribution in [0.2, 0.25) is 0 Å². The lowest BCUT2D eigenvalue weighted by Crippen LogP contribution is -2.29. The van der Waals surface area contributed by atoms with Crippen molar-refractivity contribution in [2.24, 2.45) is 0 Å². The Morgan fingerprint density at radius 2 is 2.12 bits per heavy atom. The molecule has 92 valence electrons. The van der Waals surface area contributed by atoms with Crippen molar-refractivity contribution in [3.05, 3.63) is 31.8 Å². The summed E-state index contributed by atoms with van der Waals surface area (Å²) in [4.78, 5) is 23.9. The molecule has 0 saturated carbocycles. The fourth-order valence-corrected chi connectivity index (χ4v) is 2.16. The minimum absolute atomic E-state index is 0.0488. The smallest absolute Gasteiger partial charge is 0.305 e. The number of carbonyl (C=O) groups is 2. The molecule has 0 heterocycles. The standard InChI is InChI=1S/C11H11BrINO3/c1-14(5-4-10(15)16)11(17)8-6-7(12)2-3-9(8)13/h2-3,6H,4-5H2,1H3,(H,15,16). The van der Waals surface area contributed by atoms with E-state index in [1.54, 1.807) is 13.1 Å². The zero-order chi connectivity index (χ0) is 13.0. The minimum Gasteiger partial charge on any atom is -0.481 e. The Labute approximate surface area is 121 Å². The van der Waals surface area contributed by atoms with Crippen LogP contribution < -0.4 is 0 Å². The van der Waals surface area contributed by atoms with E-state index >= 15 is 0 Å². The molecule has 1 aromatic rings. The second kappa shape index (κ2) is 6.34. The first-order valence-electron chi connectivity index (χ1n) is 4.84. The number of carboxylic acid groups (broad SMARTS) is 1. The Balaban J connectivity index is 2.81. The van der Waals surface area contributed by atoms with E-state index in [9.17, 15) is 9.59 Å². The molecule has 0 aliphatic carbocycles. The van der Waals surface area contributed by atoms with E-state index in [4.69, 9.17) is 5.11 Å². The van der Waals surface area contributed by atoms with Gasteiger partial charge in [-0.05, 0) is 40.8 Å². The van der Waals surface area contributed by atoms with Gasteiger partial charge in [-0.25, -0.2) is 0 Å². The van der Waals surface area contributed by atoms with E-state index < -0.39 is 5.97 Å². The molecule has 1 rings (SSSR count). The number of aliphatic carboxylic acids is 1. The van der Waals surface area contributed by atoms with Gasteiger partial charge in [-0.15, -0.1) is 0 Å². The fraction of sp³-hybridized carbons (Fsp3) is 0.273. The lowest BCUT2D eigenvalue weighted by atomic mass is 10.2. The number of hydrogen-bond donors (Lipinski definition) is 1. The van der Waals surface area contributed by atoms with Crippen molar-refractivity contribution in [3.63, 3.8) is 0 Å². The van der Waals surface area contributed by atoms with Crippen LogP contribution in [0.5, 0.6) is 0 Å². The van der Waals surface area contributed by atoms with Crippen LogP contribution in [-0.2, 0) is 4.79 Å². The predicted octanol–water partition coefficient (Wildman–Crippen LogP) is 2.60. The van der Waals surface area contributed by atoms with Crippen molar-refractivity contribution in [3.8, 4) is 0 Å². The van der Waals surface area contributed by atoms with E-state index in [0.29, 0.717) is 5.56 Å². The number of halogens is 2. The molecule has 6 heteroatoms. The highest BCUT2D eigenvalue weighted by atomic mass is 127. The van der Waals surface area contributed by atoms with Crippen LogP contribution in [0.1, 0.15) is 16.8 Å². The van der Waals surface area contributed by atoms with E-state index in [-0.39, 0.29) is 18.9 Å². The van der Waals surface area contributed by atoms with Gasteiger partial charge < -0.3 is 10.0 Å². The van der Waals surface area contributed by atoms with Crippen molar-refractivity contribution in [1.82, 2.24) is 4.90 Å². The van der Waals surface area contributed by atoms with Gasteiger partial charge in [0.25, 0.3) is 5.91 Å². The van der Waals surface area contributed by atoms with Gasteiger partial charge in [-0.3, -0.25) is 9.59 Å². The SMILES string of the molecule is CN(CCC(=O)O)C(=O)c1cc(Br)ccc1I. The van der Waals surface area contributed by atoms with Crippen LogP contribution in [0.3, 0.4) is 0 Å². The summed E-state index contributed by atoms with van der Waals surface area (Å²) in [5.74, 6) is -1.08. The molecular weight excluding hydrogens is 401 g/mol. The fourth-order valence-electron chi connectivity index (χ4n) is 1.23. The van der Waals surface area contributed by atoms with E-state index in [0.717, 1.165) is 8.04 Å². The highest BCUT2D eigenvalue weighted by molar-refractivity contribution is 14.1. The topological polar surface area (TPSA) is 57.6 Å². The third-order valence-electron chi connectivity index (χ3n) is 2.17. The number of hydrogen-bond acceptors (Lipinski definition) is 2. The molecule has 0 unspecified atom stereocenters. The quantitative estimate of drug-likeness (QED) is 0.775. The predicted molar refractivity (Wildman–Crippen MR) is 76.1 cm³/mol. The molecule has 1 amide bonds. The lowest BCUT2D eigenvalue weighted by molar-refractivity contribution is -0.137. The Hall–Kier alpha value is -0.630. The van der Waals surface area contributed by atoms with Crippen LogP contribution in [-0.4, -0.2) is 35.5 Å². The summed E-state index contributed by atoms with van der Waals surface area (Å²) in [5, 5.41) is 8.57. The van der Waals surface area contributed by atoms with Gasteiger partial charge in [0, 0.05) is 21.6 Å². The van der Waals surface area contributed by atoms with Crippen LogP contribution in [0, 0.1) is 3.57 Å². The number of benzene rings is 1. The maximum Gasteiger partial charge on any atom is 0.305 e. The minimum atomic E-state index is -0.909. The largest absolute Gasteiger partial charge is 0.481 e. The highest BCUT2D eigenvalue weighted by Crippen LogP contribution is 2.19. The average molecular weight is 412 g/mol. The first kappa shape index (κ1) is 14.4. The Morgan fingerprint density at radius 1 is 1.47 bits per heavy atom. The molecule has 0 atom stereocenters. The number of amides is 1. The van der Waals surface area contributed by atoms with Crippen molar-refractivity contribution < 1.29 is 14.7 Å². The maximum absolute atomic E-state index is 12.0. The maximum atomic E-state index is 12.0. The summed E-state index contributed by atoms with van der Waals surface area (Å²) in [5.41, 5.74) is 0.577. The number of nitrogens with zero attached hydrogens (tertiary/aromatic N) is 1. The number of rotatable bonds is 4. The van der Waals surface area contributed by atoms with Gasteiger partial charge in [0.2, 0.25) is 0 Å².